The molecular formula is C22H28ClN5O2. The minimum Gasteiger partial charge on any atom is -0.340 e. The van der Waals surface area contributed by atoms with Crippen molar-refractivity contribution in [3.05, 3.63) is 47.5 Å². The molecule has 1 atom stereocenters. The lowest BCUT2D eigenvalue weighted by atomic mass is 10.1. The van der Waals surface area contributed by atoms with Crippen molar-refractivity contribution in [2.45, 2.75) is 26.3 Å². The van der Waals surface area contributed by atoms with E-state index in [2.05, 4.69) is 21.4 Å². The molecule has 1 unspecified atom stereocenters. The second-order valence-electron chi connectivity index (χ2n) is 7.94. The van der Waals surface area contributed by atoms with E-state index in [0.29, 0.717) is 11.6 Å². The molecule has 30 heavy (non-hydrogen) atoms. The molecule has 0 radical (unpaired) electrons. The number of halogens is 1. The van der Waals surface area contributed by atoms with E-state index in [0.717, 1.165) is 57.2 Å². The third kappa shape index (κ3) is 4.52. The average Bonchev–Trinajstić information content (AvgIpc) is 3.39. The van der Waals surface area contributed by atoms with Crippen LogP contribution in [0.5, 0.6) is 0 Å². The number of aryl methyl sites for hydroxylation is 1. The molecule has 2 aliphatic rings. The number of nitrogens with zero attached hydrogens (tertiary/aromatic N) is 5. The van der Waals surface area contributed by atoms with E-state index in [4.69, 9.17) is 11.6 Å². The molecular weight excluding hydrogens is 402 g/mol. The van der Waals surface area contributed by atoms with E-state index in [9.17, 15) is 9.59 Å². The molecule has 8 heteroatoms. The van der Waals surface area contributed by atoms with Crippen LogP contribution in [-0.2, 0) is 22.6 Å². The fourth-order valence-electron chi connectivity index (χ4n) is 4.30. The fourth-order valence-corrected chi connectivity index (χ4v) is 4.43. The van der Waals surface area contributed by atoms with E-state index in [1.807, 2.05) is 29.4 Å². The minimum absolute atomic E-state index is 0.00127. The van der Waals surface area contributed by atoms with Gasteiger partial charge < -0.3 is 14.4 Å². The highest BCUT2D eigenvalue weighted by molar-refractivity contribution is 6.30. The minimum atomic E-state index is -0.266. The van der Waals surface area contributed by atoms with Crippen LogP contribution >= 0.6 is 11.6 Å². The van der Waals surface area contributed by atoms with Gasteiger partial charge in [-0.3, -0.25) is 14.5 Å². The highest BCUT2D eigenvalue weighted by Crippen LogP contribution is 2.27. The third-order valence-electron chi connectivity index (χ3n) is 6.07. The summed E-state index contributed by atoms with van der Waals surface area (Å²) in [5.74, 6) is 0.946. The number of anilines is 1. The Bertz CT molecular complexity index is 889. The Morgan fingerprint density at radius 3 is 2.57 bits per heavy atom. The first-order chi connectivity index (χ1) is 14.5. The maximum absolute atomic E-state index is 13.0. The van der Waals surface area contributed by atoms with Crippen molar-refractivity contribution in [1.29, 1.82) is 0 Å². The predicted octanol–water partition coefficient (Wildman–Crippen LogP) is 2.30. The summed E-state index contributed by atoms with van der Waals surface area (Å²) in [5, 5.41) is 0.634. The van der Waals surface area contributed by atoms with Gasteiger partial charge in [-0.2, -0.15) is 0 Å². The van der Waals surface area contributed by atoms with Crippen LogP contribution < -0.4 is 4.90 Å². The Hall–Kier alpha value is -2.38. The van der Waals surface area contributed by atoms with Gasteiger partial charge in [-0.1, -0.05) is 18.5 Å². The Morgan fingerprint density at radius 2 is 1.87 bits per heavy atom. The summed E-state index contributed by atoms with van der Waals surface area (Å²) in [6.07, 6.45) is 5.10. The zero-order chi connectivity index (χ0) is 21.1. The van der Waals surface area contributed by atoms with E-state index in [-0.39, 0.29) is 24.2 Å². The van der Waals surface area contributed by atoms with Crippen molar-refractivity contribution in [3.63, 3.8) is 0 Å². The number of hydrogen-bond acceptors (Lipinski definition) is 4. The van der Waals surface area contributed by atoms with E-state index < -0.39 is 0 Å². The van der Waals surface area contributed by atoms with Gasteiger partial charge in [-0.05, 0) is 24.3 Å². The molecule has 0 N–H and O–H groups in total. The SMILES string of the molecule is CCc1nccn1CCN1CCN(C(=O)C2CC(=O)N(c3ccc(Cl)cc3)C2)CC1. The highest BCUT2D eigenvalue weighted by Gasteiger charge is 2.37. The van der Waals surface area contributed by atoms with Gasteiger partial charge in [0.2, 0.25) is 11.8 Å². The summed E-state index contributed by atoms with van der Waals surface area (Å²) in [5.41, 5.74) is 0.801. The number of piperazine rings is 1. The molecule has 2 saturated heterocycles. The van der Waals surface area contributed by atoms with Gasteiger partial charge in [0.15, 0.2) is 0 Å². The lowest BCUT2D eigenvalue weighted by molar-refractivity contribution is -0.137. The molecule has 2 aliphatic heterocycles. The van der Waals surface area contributed by atoms with Crippen LogP contribution in [0.2, 0.25) is 5.02 Å². The molecule has 2 aromatic rings. The number of carbonyl (C=O) groups excluding carboxylic acids is 2. The first-order valence-electron chi connectivity index (χ1n) is 10.6. The van der Waals surface area contributed by atoms with Crippen molar-refractivity contribution in [2.24, 2.45) is 5.92 Å². The number of aromatic nitrogens is 2. The first-order valence-corrected chi connectivity index (χ1v) is 11.0. The standard InChI is InChI=1S/C22H28ClN5O2/c1-2-20-24-7-8-26(20)12-9-25-10-13-27(14-11-25)22(30)17-15-21(29)28(16-17)19-5-3-18(23)4-6-19/h3-8,17H,2,9-16H2,1H3. The predicted molar refractivity (Wildman–Crippen MR) is 117 cm³/mol. The molecule has 1 aromatic carbocycles. The molecule has 4 rings (SSSR count). The van der Waals surface area contributed by atoms with Crippen LogP contribution in [0.3, 0.4) is 0 Å². The first kappa shape index (κ1) is 20.9. The smallest absolute Gasteiger partial charge is 0.228 e. The zero-order valence-electron chi connectivity index (χ0n) is 17.3. The quantitative estimate of drug-likeness (QED) is 0.706. The Labute approximate surface area is 182 Å². The molecule has 3 heterocycles. The molecule has 7 nitrogen and oxygen atoms in total. The Morgan fingerprint density at radius 1 is 1.13 bits per heavy atom. The van der Waals surface area contributed by atoms with Gasteiger partial charge in [0.1, 0.15) is 5.82 Å². The summed E-state index contributed by atoms with van der Waals surface area (Å²) in [6, 6.07) is 7.20. The van der Waals surface area contributed by atoms with Crippen LogP contribution in [0.4, 0.5) is 5.69 Å². The maximum atomic E-state index is 13.0. The van der Waals surface area contributed by atoms with Crippen LogP contribution in [0, 0.1) is 5.92 Å². The molecule has 0 bridgehead atoms. The third-order valence-corrected chi connectivity index (χ3v) is 6.32. The van der Waals surface area contributed by atoms with Crippen LogP contribution in [0.15, 0.2) is 36.7 Å². The number of imidazole rings is 1. The number of benzene rings is 1. The Kier molecular flexibility index (Phi) is 6.39. The van der Waals surface area contributed by atoms with Crippen molar-refractivity contribution in [2.75, 3.05) is 44.2 Å². The number of rotatable bonds is 6. The molecule has 2 fully saturated rings. The van der Waals surface area contributed by atoms with Gasteiger partial charge in [0, 0.05) is 81.8 Å². The normalized spacial score (nSPS) is 20.2. The number of hydrogen-bond donors (Lipinski definition) is 0. The van der Waals surface area contributed by atoms with Crippen molar-refractivity contribution < 1.29 is 9.59 Å². The Balaban J connectivity index is 1.27. The lowest BCUT2D eigenvalue weighted by Gasteiger charge is -2.36. The van der Waals surface area contributed by atoms with Crippen LogP contribution in [-0.4, -0.2) is 70.4 Å². The zero-order valence-corrected chi connectivity index (χ0v) is 18.1. The summed E-state index contributed by atoms with van der Waals surface area (Å²) < 4.78 is 2.20. The fraction of sp³-hybridized carbons (Fsp3) is 0.500. The van der Waals surface area contributed by atoms with Gasteiger partial charge in [0.05, 0.1) is 5.92 Å². The monoisotopic (exact) mass is 429 g/mol. The van der Waals surface area contributed by atoms with Crippen molar-refractivity contribution in [3.8, 4) is 0 Å². The summed E-state index contributed by atoms with van der Waals surface area (Å²) in [6.45, 7) is 7.60. The van der Waals surface area contributed by atoms with Gasteiger partial charge in [-0.25, -0.2) is 4.98 Å². The summed E-state index contributed by atoms with van der Waals surface area (Å²) in [7, 11) is 0. The van der Waals surface area contributed by atoms with Crippen LogP contribution in [0.1, 0.15) is 19.2 Å². The molecule has 0 saturated carbocycles. The topological polar surface area (TPSA) is 61.7 Å². The lowest BCUT2D eigenvalue weighted by Crippen LogP contribution is -2.51. The number of amides is 2. The van der Waals surface area contributed by atoms with Gasteiger partial charge in [-0.15, -0.1) is 0 Å². The molecule has 160 valence electrons. The maximum Gasteiger partial charge on any atom is 0.228 e. The molecule has 0 aliphatic carbocycles. The second kappa shape index (κ2) is 9.18. The molecule has 1 aromatic heterocycles. The summed E-state index contributed by atoms with van der Waals surface area (Å²) >= 11 is 5.94. The van der Waals surface area contributed by atoms with Crippen molar-refractivity contribution in [1.82, 2.24) is 19.4 Å². The molecule has 2 amide bonds. The molecule has 0 spiro atoms. The van der Waals surface area contributed by atoms with E-state index in [1.54, 1.807) is 17.0 Å². The second-order valence-corrected chi connectivity index (χ2v) is 8.38. The van der Waals surface area contributed by atoms with Crippen molar-refractivity contribution >= 4 is 29.1 Å². The summed E-state index contributed by atoms with van der Waals surface area (Å²) in [4.78, 5) is 35.9. The van der Waals surface area contributed by atoms with E-state index >= 15 is 0 Å². The average molecular weight is 430 g/mol. The van der Waals surface area contributed by atoms with E-state index in [1.165, 1.54) is 0 Å². The van der Waals surface area contributed by atoms with Gasteiger partial charge in [0.25, 0.3) is 0 Å². The van der Waals surface area contributed by atoms with Gasteiger partial charge >= 0.3 is 0 Å². The van der Waals surface area contributed by atoms with Crippen LogP contribution in [0.25, 0.3) is 0 Å². The number of carbonyl (C=O) groups is 2. The highest BCUT2D eigenvalue weighted by atomic mass is 35.5. The largest absolute Gasteiger partial charge is 0.340 e.